The molecule has 0 aliphatic rings. The molecule has 2 aromatic rings. The minimum atomic E-state index is 0. The van der Waals surface area contributed by atoms with E-state index in [1.165, 1.54) is 16.3 Å². The fourth-order valence-corrected chi connectivity index (χ4v) is 2.42. The van der Waals surface area contributed by atoms with Crippen LogP contribution in [-0.4, -0.2) is 39.2 Å². The molecule has 0 heterocycles. The van der Waals surface area contributed by atoms with E-state index in [9.17, 15) is 0 Å². The highest BCUT2D eigenvalue weighted by molar-refractivity contribution is 5.87. The first-order chi connectivity index (χ1) is 9.72. The minimum Gasteiger partial charge on any atom is -1.00 e. The van der Waals surface area contributed by atoms with Crippen molar-refractivity contribution < 1.29 is 29.6 Å². The highest BCUT2D eigenvalue weighted by Crippen LogP contribution is 2.27. The number of methoxy groups -OCH3 is 1. The Morgan fingerprint density at radius 1 is 1.05 bits per heavy atom. The van der Waals surface area contributed by atoms with Gasteiger partial charge < -0.3 is 39.8 Å². The average molecular weight is 343 g/mol. The Morgan fingerprint density at radius 3 is 2.45 bits per heavy atom. The van der Waals surface area contributed by atoms with E-state index < -0.39 is 0 Å². The number of halogens is 2. The molecule has 0 aliphatic carbocycles. The second kappa shape index (κ2) is 10.7. The summed E-state index contributed by atoms with van der Waals surface area (Å²) in [6.07, 6.45) is 1.15. The molecule has 0 amide bonds. The smallest absolute Gasteiger partial charge is 0.123 e. The van der Waals surface area contributed by atoms with Gasteiger partial charge in [0.1, 0.15) is 5.75 Å². The van der Waals surface area contributed by atoms with Crippen molar-refractivity contribution in [2.75, 3.05) is 34.3 Å². The molecule has 0 saturated carbocycles. The second-order valence-corrected chi connectivity index (χ2v) is 5.30. The Hall–Kier alpha value is -1.00. The van der Waals surface area contributed by atoms with Crippen molar-refractivity contribution in [3.8, 4) is 5.75 Å². The minimum absolute atomic E-state index is 0. The predicted octanol–water partition coefficient (Wildman–Crippen LogP) is -3.10. The molecular formula is C17H24Cl2N2O-2. The zero-order valence-corrected chi connectivity index (χ0v) is 14.9. The van der Waals surface area contributed by atoms with Crippen LogP contribution in [0.3, 0.4) is 0 Å². The van der Waals surface area contributed by atoms with Crippen LogP contribution in [0, 0.1) is 0 Å². The molecule has 0 spiro atoms. The first-order valence-corrected chi connectivity index (χ1v) is 7.12. The van der Waals surface area contributed by atoms with Crippen molar-refractivity contribution >= 4 is 10.8 Å². The molecule has 0 aliphatic heterocycles. The number of fused-ring (bicyclic) bond motifs is 1. The van der Waals surface area contributed by atoms with Gasteiger partial charge in [-0.2, -0.15) is 0 Å². The monoisotopic (exact) mass is 342 g/mol. The van der Waals surface area contributed by atoms with Crippen LogP contribution in [0.15, 0.2) is 36.4 Å². The molecule has 1 N–H and O–H groups in total. The van der Waals surface area contributed by atoms with Gasteiger partial charge in [-0.05, 0) is 50.4 Å². The molecule has 2 rings (SSSR count). The van der Waals surface area contributed by atoms with Crippen LogP contribution in [-0.2, 0) is 6.54 Å². The van der Waals surface area contributed by atoms with Crippen molar-refractivity contribution in [2.45, 2.75) is 13.0 Å². The van der Waals surface area contributed by atoms with Crippen molar-refractivity contribution in [1.29, 1.82) is 0 Å². The van der Waals surface area contributed by atoms with E-state index in [0.29, 0.717) is 0 Å². The lowest BCUT2D eigenvalue weighted by Gasteiger charge is -2.14. The molecule has 0 atom stereocenters. The lowest BCUT2D eigenvalue weighted by Crippen LogP contribution is -3.00. The van der Waals surface area contributed by atoms with E-state index >= 15 is 0 Å². The summed E-state index contributed by atoms with van der Waals surface area (Å²) in [5, 5.41) is 6.05. The molecule has 0 unspecified atom stereocenters. The summed E-state index contributed by atoms with van der Waals surface area (Å²) in [6.45, 7) is 2.97. The van der Waals surface area contributed by atoms with E-state index in [-0.39, 0.29) is 24.8 Å². The van der Waals surface area contributed by atoms with Crippen molar-refractivity contribution in [3.05, 3.63) is 42.0 Å². The van der Waals surface area contributed by atoms with Gasteiger partial charge in [0.15, 0.2) is 0 Å². The average Bonchev–Trinajstić information content (AvgIpc) is 2.46. The maximum Gasteiger partial charge on any atom is 0.123 e. The number of ether oxygens (including phenoxy) is 1. The van der Waals surface area contributed by atoms with Crippen molar-refractivity contribution in [2.24, 2.45) is 0 Å². The van der Waals surface area contributed by atoms with Crippen LogP contribution in [0.2, 0.25) is 0 Å². The van der Waals surface area contributed by atoms with E-state index in [1.54, 1.807) is 7.11 Å². The predicted molar refractivity (Wildman–Crippen MR) is 85.4 cm³/mol. The Bertz CT molecular complexity index is 561. The maximum atomic E-state index is 5.50. The first kappa shape index (κ1) is 21.0. The molecular weight excluding hydrogens is 319 g/mol. The van der Waals surface area contributed by atoms with Crippen molar-refractivity contribution in [1.82, 2.24) is 10.2 Å². The summed E-state index contributed by atoms with van der Waals surface area (Å²) < 4.78 is 5.50. The Labute approximate surface area is 145 Å². The maximum absolute atomic E-state index is 5.50. The first-order valence-electron chi connectivity index (χ1n) is 7.12. The van der Waals surface area contributed by atoms with Gasteiger partial charge >= 0.3 is 0 Å². The van der Waals surface area contributed by atoms with E-state index in [1.807, 2.05) is 0 Å². The highest BCUT2D eigenvalue weighted by Gasteiger charge is 2.07. The molecule has 22 heavy (non-hydrogen) atoms. The zero-order valence-electron chi connectivity index (χ0n) is 13.4. The van der Waals surface area contributed by atoms with E-state index in [2.05, 4.69) is 60.7 Å². The highest BCUT2D eigenvalue weighted by atomic mass is 35.5. The molecule has 0 aromatic heterocycles. The van der Waals surface area contributed by atoms with Gasteiger partial charge in [-0.1, -0.05) is 30.3 Å². The summed E-state index contributed by atoms with van der Waals surface area (Å²) in [6, 6.07) is 12.6. The van der Waals surface area contributed by atoms with Gasteiger partial charge in [-0.3, -0.25) is 0 Å². The zero-order chi connectivity index (χ0) is 14.4. The molecule has 2 aromatic carbocycles. The molecule has 3 nitrogen and oxygen atoms in total. The SMILES string of the molecule is COc1ccc2ccccc2c1CNCCCN(C)C.[Cl-].[Cl-]. The van der Waals surface area contributed by atoms with Crippen LogP contribution in [0.4, 0.5) is 0 Å². The fourth-order valence-electron chi connectivity index (χ4n) is 2.42. The Kier molecular flexibility index (Phi) is 10.2. The number of nitrogens with one attached hydrogen (secondary N) is 1. The van der Waals surface area contributed by atoms with Crippen LogP contribution in [0.25, 0.3) is 10.8 Å². The van der Waals surface area contributed by atoms with Crippen LogP contribution >= 0.6 is 0 Å². The summed E-state index contributed by atoms with van der Waals surface area (Å²) in [5.41, 5.74) is 1.25. The van der Waals surface area contributed by atoms with E-state index in [4.69, 9.17) is 4.74 Å². The standard InChI is InChI=1S/C17H24N2O.2ClH/c1-19(2)12-6-11-18-13-16-15-8-5-4-7-14(15)9-10-17(16)20-3;;/h4-5,7-10,18H,6,11-13H2,1-3H3;2*1H/p-2. The quantitative estimate of drug-likeness (QED) is 0.539. The third kappa shape index (κ3) is 5.65. The van der Waals surface area contributed by atoms with Crippen LogP contribution < -0.4 is 34.9 Å². The topological polar surface area (TPSA) is 24.5 Å². The number of benzene rings is 2. The summed E-state index contributed by atoms with van der Waals surface area (Å²) in [7, 11) is 5.95. The van der Waals surface area contributed by atoms with E-state index in [0.717, 1.165) is 31.8 Å². The third-order valence-corrected chi connectivity index (χ3v) is 3.48. The van der Waals surface area contributed by atoms with Crippen molar-refractivity contribution in [3.63, 3.8) is 0 Å². The molecule has 0 radical (unpaired) electrons. The number of rotatable bonds is 7. The summed E-state index contributed by atoms with van der Waals surface area (Å²) >= 11 is 0. The Balaban J connectivity index is 0.00000220. The van der Waals surface area contributed by atoms with Gasteiger partial charge in [-0.15, -0.1) is 0 Å². The lowest BCUT2D eigenvalue weighted by atomic mass is 10.0. The van der Waals surface area contributed by atoms with Gasteiger partial charge in [0.05, 0.1) is 7.11 Å². The lowest BCUT2D eigenvalue weighted by molar-refractivity contribution is -0.00100. The molecule has 0 fully saturated rings. The van der Waals surface area contributed by atoms with Gasteiger partial charge in [0.25, 0.3) is 0 Å². The molecule has 124 valence electrons. The third-order valence-electron chi connectivity index (χ3n) is 3.48. The molecule has 0 bridgehead atoms. The van der Waals surface area contributed by atoms with Gasteiger partial charge in [0, 0.05) is 12.1 Å². The number of hydrogen-bond acceptors (Lipinski definition) is 3. The fraction of sp³-hybridized carbons (Fsp3) is 0.412. The Morgan fingerprint density at radius 2 is 1.77 bits per heavy atom. The molecule has 5 heteroatoms. The van der Waals surface area contributed by atoms with Crippen LogP contribution in [0.5, 0.6) is 5.75 Å². The van der Waals surface area contributed by atoms with Gasteiger partial charge in [0.2, 0.25) is 0 Å². The van der Waals surface area contributed by atoms with Gasteiger partial charge in [-0.25, -0.2) is 0 Å². The summed E-state index contributed by atoms with van der Waals surface area (Å²) in [4.78, 5) is 2.21. The number of hydrogen-bond donors (Lipinski definition) is 1. The van der Waals surface area contributed by atoms with Crippen LogP contribution in [0.1, 0.15) is 12.0 Å². The normalized spacial score (nSPS) is 10.2. The second-order valence-electron chi connectivity index (χ2n) is 5.30. The molecule has 0 saturated heterocycles. The number of nitrogens with zero attached hydrogens (tertiary/aromatic N) is 1. The summed E-state index contributed by atoms with van der Waals surface area (Å²) in [5.74, 6) is 0.962. The largest absolute Gasteiger partial charge is 1.00 e.